The van der Waals surface area contributed by atoms with E-state index < -0.39 is 16.2 Å². The zero-order chi connectivity index (χ0) is 26.0. The third-order valence-corrected chi connectivity index (χ3v) is 8.57. The number of nitrogens with zero attached hydrogens (tertiary/aromatic N) is 4. The van der Waals surface area contributed by atoms with Gasteiger partial charge in [-0.1, -0.05) is 18.5 Å². The summed E-state index contributed by atoms with van der Waals surface area (Å²) in [6.45, 7) is 8.22. The molecule has 0 aliphatic carbocycles. The molecule has 1 fully saturated rings. The Balaban J connectivity index is 1.76. The van der Waals surface area contributed by atoms with Gasteiger partial charge in [-0.05, 0) is 51.1 Å². The fraction of sp³-hybridized carbons (Fsp3) is 0.500. The Bertz CT molecular complexity index is 1260. The number of benzene rings is 1. The second kappa shape index (κ2) is 10.5. The first kappa shape index (κ1) is 26.0. The van der Waals surface area contributed by atoms with Gasteiger partial charge >= 0.3 is 0 Å². The van der Waals surface area contributed by atoms with E-state index in [1.165, 1.54) is 10.5 Å². The highest BCUT2D eigenvalue weighted by molar-refractivity contribution is 7.89. The minimum atomic E-state index is -3.72. The van der Waals surface area contributed by atoms with E-state index in [0.717, 1.165) is 12.1 Å². The molecule has 0 spiro atoms. The average Bonchev–Trinajstić information content (AvgIpc) is 3.11. The first-order chi connectivity index (χ1) is 17.2. The van der Waals surface area contributed by atoms with E-state index in [0.29, 0.717) is 67.3 Å². The van der Waals surface area contributed by atoms with Crippen molar-refractivity contribution in [2.75, 3.05) is 45.3 Å². The van der Waals surface area contributed by atoms with Crippen LogP contribution in [0.3, 0.4) is 0 Å². The highest BCUT2D eigenvalue weighted by Crippen LogP contribution is 2.33. The molecule has 2 aliphatic heterocycles. The van der Waals surface area contributed by atoms with Crippen LogP contribution in [0.15, 0.2) is 28.3 Å². The van der Waals surface area contributed by atoms with E-state index >= 15 is 0 Å². The second-order valence-corrected chi connectivity index (χ2v) is 11.0. The highest BCUT2D eigenvalue weighted by atomic mass is 32.2. The van der Waals surface area contributed by atoms with Gasteiger partial charge in [-0.25, -0.2) is 8.42 Å². The van der Waals surface area contributed by atoms with Crippen molar-refractivity contribution in [3.63, 3.8) is 0 Å². The van der Waals surface area contributed by atoms with Gasteiger partial charge in [0.1, 0.15) is 17.6 Å². The highest BCUT2D eigenvalue weighted by Gasteiger charge is 2.34. The maximum absolute atomic E-state index is 13.4. The first-order valence-electron chi connectivity index (χ1n) is 12.2. The number of oxime groups is 1. The number of amides is 1. The Kier molecular flexibility index (Phi) is 7.57. The van der Waals surface area contributed by atoms with Crippen LogP contribution in [0, 0.1) is 6.92 Å². The smallest absolute Gasteiger partial charge is 0.272 e. The number of fused-ring (bicyclic) bond motifs is 1. The summed E-state index contributed by atoms with van der Waals surface area (Å²) in [7, 11) is -1.75. The predicted molar refractivity (Wildman–Crippen MR) is 136 cm³/mol. The molecule has 1 aromatic carbocycles. The molecule has 1 aromatic heterocycles. The average molecular weight is 519 g/mol. The van der Waals surface area contributed by atoms with Crippen molar-refractivity contribution in [1.29, 1.82) is 0 Å². The van der Waals surface area contributed by atoms with Crippen LogP contribution in [0.1, 0.15) is 59.3 Å². The quantitative estimate of drug-likeness (QED) is 0.277. The summed E-state index contributed by atoms with van der Waals surface area (Å²) in [6.07, 6.45) is 2.05. The molecule has 1 unspecified atom stereocenters. The topological polar surface area (TPSA) is 128 Å². The summed E-state index contributed by atoms with van der Waals surface area (Å²) in [6, 6.07) is 4.77. The Hall–Kier alpha value is -3.09. The van der Waals surface area contributed by atoms with Crippen LogP contribution in [0.4, 0.5) is 0 Å². The van der Waals surface area contributed by atoms with Crippen molar-refractivity contribution >= 4 is 22.1 Å². The lowest BCUT2D eigenvalue weighted by Gasteiger charge is -2.33. The van der Waals surface area contributed by atoms with Crippen LogP contribution in [0.25, 0.3) is 0 Å². The molecular weight excluding hydrogens is 484 g/mol. The maximum atomic E-state index is 13.4. The van der Waals surface area contributed by atoms with Crippen LogP contribution in [-0.2, 0) is 16.4 Å². The van der Waals surface area contributed by atoms with Crippen molar-refractivity contribution < 1.29 is 23.2 Å². The Morgan fingerprint density at radius 2 is 1.94 bits per heavy atom. The van der Waals surface area contributed by atoms with Crippen LogP contribution in [-0.4, -0.2) is 79.5 Å². The molecule has 36 heavy (non-hydrogen) atoms. The summed E-state index contributed by atoms with van der Waals surface area (Å²) in [5.74, 6) is 0.162. The van der Waals surface area contributed by atoms with Crippen LogP contribution in [0.2, 0.25) is 0 Å². The molecule has 0 bridgehead atoms. The van der Waals surface area contributed by atoms with Crippen molar-refractivity contribution in [2.45, 2.75) is 44.7 Å². The number of hydrogen-bond acceptors (Lipinski definition) is 8. The van der Waals surface area contributed by atoms with Gasteiger partial charge in [-0.2, -0.15) is 4.31 Å². The third kappa shape index (κ3) is 4.67. The summed E-state index contributed by atoms with van der Waals surface area (Å²) < 4.78 is 35.9. The van der Waals surface area contributed by atoms with Crippen LogP contribution in [0.5, 0.6) is 5.75 Å². The Morgan fingerprint density at radius 1 is 1.22 bits per heavy atom. The van der Waals surface area contributed by atoms with Gasteiger partial charge < -0.3 is 20.2 Å². The van der Waals surface area contributed by atoms with Gasteiger partial charge in [0, 0.05) is 43.0 Å². The van der Waals surface area contributed by atoms with E-state index in [9.17, 15) is 18.4 Å². The van der Waals surface area contributed by atoms with Crippen LogP contribution >= 0.6 is 0 Å². The fourth-order valence-electron chi connectivity index (χ4n) is 4.78. The number of hydrogen-bond donors (Lipinski definition) is 3. The molecular formula is C24H34N6O5S. The number of piperazine rings is 1. The lowest BCUT2D eigenvalue weighted by atomic mass is 10.1. The van der Waals surface area contributed by atoms with Gasteiger partial charge in [0.05, 0.1) is 17.7 Å². The number of sulfonamides is 1. The molecule has 4 rings (SSSR count). The number of carbonyl (C=O) groups is 1. The predicted octanol–water partition coefficient (Wildman–Crippen LogP) is 1.88. The monoisotopic (exact) mass is 518 g/mol. The summed E-state index contributed by atoms with van der Waals surface area (Å²) in [5, 5.41) is 15.3. The molecule has 2 aliphatic rings. The molecule has 196 valence electrons. The van der Waals surface area contributed by atoms with Crippen LogP contribution < -0.4 is 15.5 Å². The Labute approximate surface area is 211 Å². The molecule has 1 atom stereocenters. The zero-order valence-corrected chi connectivity index (χ0v) is 21.9. The van der Waals surface area contributed by atoms with E-state index in [2.05, 4.69) is 20.8 Å². The summed E-state index contributed by atoms with van der Waals surface area (Å²) >= 11 is 0. The van der Waals surface area contributed by atoms with Gasteiger partial charge in [0.15, 0.2) is 0 Å². The lowest BCUT2D eigenvalue weighted by Crippen LogP contribution is -2.47. The van der Waals surface area contributed by atoms with E-state index in [1.54, 1.807) is 29.8 Å². The number of nitrogens with one attached hydrogen (secondary N) is 2. The van der Waals surface area contributed by atoms with Gasteiger partial charge in [0.2, 0.25) is 10.0 Å². The standard InChI is InChI=1S/C24H34N6O5S/c1-5-7-20-19(15-25-32)16(3)22-24(31)26-23(27-30(20)22)18-14-17(8-9-21(18)35-6-2)36(33,34)29-12-10-28(4)11-13-29/h8-9,14-15,23,27,32H,5-7,10-13H2,1-4H3,(H,26,31)/b25-15+. The molecule has 3 heterocycles. The first-order valence-corrected chi connectivity index (χ1v) is 13.6. The van der Waals surface area contributed by atoms with E-state index in [4.69, 9.17) is 4.74 Å². The lowest BCUT2D eigenvalue weighted by molar-refractivity contribution is 0.0913. The SMILES string of the molecule is CCCc1c(/C=N/O)c(C)c2n1NC(c1cc(S(=O)(=O)N3CCN(C)CC3)ccc1OCC)NC2=O. The minimum absolute atomic E-state index is 0.151. The molecule has 2 aromatic rings. The molecule has 1 amide bonds. The minimum Gasteiger partial charge on any atom is -0.493 e. The Morgan fingerprint density at radius 3 is 2.58 bits per heavy atom. The zero-order valence-electron chi connectivity index (χ0n) is 21.1. The molecule has 1 saturated heterocycles. The molecule has 3 N–H and O–H groups in total. The summed E-state index contributed by atoms with van der Waals surface area (Å²) in [4.78, 5) is 15.5. The van der Waals surface area contributed by atoms with Crippen molar-refractivity contribution in [3.8, 4) is 5.75 Å². The van der Waals surface area contributed by atoms with Crippen molar-refractivity contribution in [2.24, 2.45) is 5.16 Å². The molecule has 0 radical (unpaired) electrons. The number of rotatable bonds is 8. The van der Waals surface area contributed by atoms with Crippen molar-refractivity contribution in [3.05, 3.63) is 46.3 Å². The number of likely N-dealkylation sites (N-methyl/N-ethyl adjacent to an activating group) is 1. The molecule has 12 heteroatoms. The normalized spacial score (nSPS) is 19.2. The number of carbonyl (C=O) groups excluding carboxylic acids is 1. The third-order valence-electron chi connectivity index (χ3n) is 6.68. The van der Waals surface area contributed by atoms with E-state index in [-0.39, 0.29) is 10.8 Å². The number of ether oxygens (including phenoxy) is 1. The fourth-order valence-corrected chi connectivity index (χ4v) is 6.24. The maximum Gasteiger partial charge on any atom is 0.272 e. The molecule has 11 nitrogen and oxygen atoms in total. The second-order valence-electron chi connectivity index (χ2n) is 9.04. The summed E-state index contributed by atoms with van der Waals surface area (Å²) in [5.41, 5.74) is 6.43. The van der Waals surface area contributed by atoms with Gasteiger partial charge in [0.25, 0.3) is 5.91 Å². The largest absolute Gasteiger partial charge is 0.493 e. The molecule has 0 saturated carbocycles. The van der Waals surface area contributed by atoms with Gasteiger partial charge in [-0.3, -0.25) is 14.9 Å². The van der Waals surface area contributed by atoms with E-state index in [1.807, 2.05) is 20.9 Å². The number of aromatic nitrogens is 1. The van der Waals surface area contributed by atoms with Gasteiger partial charge in [-0.15, -0.1) is 0 Å². The van der Waals surface area contributed by atoms with Crippen molar-refractivity contribution in [1.82, 2.24) is 19.2 Å².